The van der Waals surface area contributed by atoms with Crippen LogP contribution in [0.2, 0.25) is 0 Å². The van der Waals surface area contributed by atoms with E-state index >= 15 is 0 Å². The lowest BCUT2D eigenvalue weighted by molar-refractivity contribution is -0.119. The lowest BCUT2D eigenvalue weighted by atomic mass is 10.2. The summed E-state index contributed by atoms with van der Waals surface area (Å²) < 4.78 is 5.28. The number of rotatable bonds is 4. The first-order valence-corrected chi connectivity index (χ1v) is 8.78. The standard InChI is InChI=1S/C16H19N3O4S/c1-3-18-13-5-4-11(6-14(13)24-9-15(18)21)19-8-12(23-16(19)22)7-17-10(2)20/h4-6,12H,3,7-9H2,1-2H3,(H,17,20)/t12-/m0/s1. The normalized spacial score (nSPS) is 20.0. The fourth-order valence-corrected chi connectivity index (χ4v) is 3.77. The topological polar surface area (TPSA) is 79.0 Å². The summed E-state index contributed by atoms with van der Waals surface area (Å²) in [7, 11) is 0. The fraction of sp³-hybridized carbons (Fsp3) is 0.438. The minimum absolute atomic E-state index is 0.0960. The molecule has 0 unspecified atom stereocenters. The summed E-state index contributed by atoms with van der Waals surface area (Å²) >= 11 is 1.48. The van der Waals surface area contributed by atoms with Crippen molar-refractivity contribution in [1.29, 1.82) is 0 Å². The van der Waals surface area contributed by atoms with E-state index in [9.17, 15) is 14.4 Å². The van der Waals surface area contributed by atoms with Crippen molar-refractivity contribution in [2.24, 2.45) is 0 Å². The zero-order valence-corrected chi connectivity index (χ0v) is 14.4. The van der Waals surface area contributed by atoms with E-state index in [1.165, 1.54) is 18.7 Å². The number of hydrogen-bond donors (Lipinski definition) is 1. The number of fused-ring (bicyclic) bond motifs is 1. The molecule has 0 aromatic heterocycles. The number of hydrogen-bond acceptors (Lipinski definition) is 5. The highest BCUT2D eigenvalue weighted by Crippen LogP contribution is 2.38. The monoisotopic (exact) mass is 349 g/mol. The summed E-state index contributed by atoms with van der Waals surface area (Å²) in [6.07, 6.45) is -0.784. The summed E-state index contributed by atoms with van der Waals surface area (Å²) in [6, 6.07) is 5.60. The Morgan fingerprint density at radius 3 is 2.92 bits per heavy atom. The minimum Gasteiger partial charge on any atom is -0.442 e. The van der Waals surface area contributed by atoms with Crippen molar-refractivity contribution in [3.05, 3.63) is 18.2 Å². The highest BCUT2D eigenvalue weighted by molar-refractivity contribution is 8.00. The van der Waals surface area contributed by atoms with Gasteiger partial charge in [-0.3, -0.25) is 14.5 Å². The molecule has 1 N–H and O–H groups in total. The number of carbonyl (C=O) groups is 3. The van der Waals surface area contributed by atoms with Gasteiger partial charge in [-0.2, -0.15) is 0 Å². The maximum Gasteiger partial charge on any atom is 0.414 e. The summed E-state index contributed by atoms with van der Waals surface area (Å²) in [5.41, 5.74) is 1.62. The van der Waals surface area contributed by atoms with E-state index in [1.54, 1.807) is 9.80 Å². The van der Waals surface area contributed by atoms with Gasteiger partial charge in [-0.1, -0.05) is 0 Å². The molecular weight excluding hydrogens is 330 g/mol. The molecule has 0 bridgehead atoms. The van der Waals surface area contributed by atoms with Crippen LogP contribution in [0.25, 0.3) is 0 Å². The molecular formula is C16H19N3O4S. The smallest absolute Gasteiger partial charge is 0.414 e. The number of amides is 3. The Balaban J connectivity index is 1.77. The summed E-state index contributed by atoms with van der Waals surface area (Å²) in [5, 5.41) is 2.66. The van der Waals surface area contributed by atoms with Gasteiger partial charge < -0.3 is 15.0 Å². The lowest BCUT2D eigenvalue weighted by Gasteiger charge is -2.28. The second-order valence-corrected chi connectivity index (χ2v) is 6.65. The molecule has 2 heterocycles. The van der Waals surface area contributed by atoms with Gasteiger partial charge in [0.05, 0.1) is 24.5 Å². The second kappa shape index (κ2) is 6.72. The van der Waals surface area contributed by atoms with E-state index in [-0.39, 0.29) is 17.9 Å². The van der Waals surface area contributed by atoms with Crippen molar-refractivity contribution in [2.45, 2.75) is 24.8 Å². The average Bonchev–Trinajstić information content (AvgIpc) is 2.93. The third kappa shape index (κ3) is 3.19. The Bertz CT molecular complexity index is 694. The maximum absolute atomic E-state index is 12.1. The van der Waals surface area contributed by atoms with E-state index in [0.717, 1.165) is 16.3 Å². The Morgan fingerprint density at radius 2 is 2.21 bits per heavy atom. The van der Waals surface area contributed by atoms with Crippen LogP contribution in [0.3, 0.4) is 0 Å². The molecule has 128 valence electrons. The van der Waals surface area contributed by atoms with Crippen LogP contribution >= 0.6 is 11.8 Å². The van der Waals surface area contributed by atoms with Crippen LogP contribution in [0.1, 0.15) is 13.8 Å². The van der Waals surface area contributed by atoms with Crippen molar-refractivity contribution in [2.75, 3.05) is 35.2 Å². The minimum atomic E-state index is -0.422. The molecule has 0 saturated carbocycles. The molecule has 8 heteroatoms. The quantitative estimate of drug-likeness (QED) is 0.893. The molecule has 2 aliphatic rings. The molecule has 1 saturated heterocycles. The van der Waals surface area contributed by atoms with E-state index in [1.807, 2.05) is 25.1 Å². The maximum atomic E-state index is 12.1. The van der Waals surface area contributed by atoms with Gasteiger partial charge in [0.1, 0.15) is 6.10 Å². The molecule has 7 nitrogen and oxygen atoms in total. The van der Waals surface area contributed by atoms with Gasteiger partial charge in [-0.25, -0.2) is 4.79 Å². The Hall–Kier alpha value is -2.22. The number of cyclic esters (lactones) is 1. The van der Waals surface area contributed by atoms with Crippen molar-refractivity contribution in [1.82, 2.24) is 5.32 Å². The van der Waals surface area contributed by atoms with E-state index in [0.29, 0.717) is 25.4 Å². The van der Waals surface area contributed by atoms with E-state index < -0.39 is 6.09 Å². The average molecular weight is 349 g/mol. The first kappa shape index (κ1) is 16.6. The zero-order chi connectivity index (χ0) is 17.3. The number of thioether (sulfide) groups is 1. The van der Waals surface area contributed by atoms with Gasteiger partial charge in [0, 0.05) is 24.1 Å². The van der Waals surface area contributed by atoms with Crippen LogP contribution in [-0.2, 0) is 14.3 Å². The largest absolute Gasteiger partial charge is 0.442 e. The molecule has 3 rings (SSSR count). The van der Waals surface area contributed by atoms with Crippen molar-refractivity contribution in [3.8, 4) is 0 Å². The molecule has 1 aromatic carbocycles. The third-order valence-electron chi connectivity index (χ3n) is 3.97. The van der Waals surface area contributed by atoms with Crippen molar-refractivity contribution < 1.29 is 19.1 Å². The van der Waals surface area contributed by atoms with E-state index in [4.69, 9.17) is 4.74 Å². The predicted octanol–water partition coefficient (Wildman–Crippen LogP) is 1.61. The number of carbonyl (C=O) groups excluding carboxylic acids is 3. The van der Waals surface area contributed by atoms with Crippen LogP contribution in [0.15, 0.2) is 23.1 Å². The Kier molecular flexibility index (Phi) is 4.66. The highest BCUT2D eigenvalue weighted by atomic mass is 32.2. The third-order valence-corrected chi connectivity index (χ3v) is 5.00. The zero-order valence-electron chi connectivity index (χ0n) is 13.6. The second-order valence-electron chi connectivity index (χ2n) is 5.63. The molecule has 2 aliphatic heterocycles. The summed E-state index contributed by atoms with van der Waals surface area (Å²) in [6.45, 7) is 4.68. The van der Waals surface area contributed by atoms with Crippen molar-refractivity contribution >= 4 is 41.0 Å². The SMILES string of the molecule is CCN1C(=O)CSc2cc(N3C[C@H](CNC(C)=O)OC3=O)ccc21. The van der Waals surface area contributed by atoms with Gasteiger partial charge in [-0.05, 0) is 25.1 Å². The molecule has 0 spiro atoms. The number of nitrogens with zero attached hydrogens (tertiary/aromatic N) is 2. The van der Waals surface area contributed by atoms with Gasteiger partial charge >= 0.3 is 6.09 Å². The number of anilines is 2. The molecule has 24 heavy (non-hydrogen) atoms. The van der Waals surface area contributed by atoms with Gasteiger partial charge in [0.2, 0.25) is 11.8 Å². The molecule has 1 aromatic rings. The van der Waals surface area contributed by atoms with Gasteiger partial charge in [0.15, 0.2) is 0 Å². The summed E-state index contributed by atoms with van der Waals surface area (Å²) in [5.74, 6) is 0.345. The lowest BCUT2D eigenvalue weighted by Crippen LogP contribution is -2.35. The number of benzene rings is 1. The molecule has 3 amide bonds. The molecule has 1 atom stereocenters. The van der Waals surface area contributed by atoms with Crippen molar-refractivity contribution in [3.63, 3.8) is 0 Å². The summed E-state index contributed by atoms with van der Waals surface area (Å²) in [4.78, 5) is 39.3. The first-order valence-electron chi connectivity index (χ1n) is 7.79. The van der Waals surface area contributed by atoms with E-state index in [2.05, 4.69) is 5.32 Å². The first-order chi connectivity index (χ1) is 11.5. The van der Waals surface area contributed by atoms with Crippen LogP contribution in [0, 0.1) is 0 Å². The highest BCUT2D eigenvalue weighted by Gasteiger charge is 2.33. The molecule has 1 fully saturated rings. The van der Waals surface area contributed by atoms with Crippen LogP contribution in [-0.4, -0.2) is 49.4 Å². The molecule has 0 radical (unpaired) electrons. The predicted molar refractivity (Wildman–Crippen MR) is 91.5 cm³/mol. The fourth-order valence-electron chi connectivity index (χ4n) is 2.80. The van der Waals surface area contributed by atoms with Crippen LogP contribution < -0.4 is 15.1 Å². The van der Waals surface area contributed by atoms with Crippen LogP contribution in [0.5, 0.6) is 0 Å². The number of nitrogens with one attached hydrogen (secondary N) is 1. The number of ether oxygens (including phenoxy) is 1. The van der Waals surface area contributed by atoms with Gasteiger partial charge in [-0.15, -0.1) is 11.8 Å². The van der Waals surface area contributed by atoms with Crippen LogP contribution in [0.4, 0.5) is 16.2 Å². The van der Waals surface area contributed by atoms with Gasteiger partial charge in [0.25, 0.3) is 0 Å². The Labute approximate surface area is 144 Å². The molecule has 0 aliphatic carbocycles. The Morgan fingerprint density at radius 1 is 1.42 bits per heavy atom.